The van der Waals surface area contributed by atoms with Crippen LogP contribution in [0.3, 0.4) is 0 Å². The van der Waals surface area contributed by atoms with Crippen molar-refractivity contribution in [1.82, 2.24) is 9.55 Å². The fourth-order valence-corrected chi connectivity index (χ4v) is 5.24. The summed E-state index contributed by atoms with van der Waals surface area (Å²) in [5.41, 5.74) is 7.23. The highest BCUT2D eigenvalue weighted by Gasteiger charge is 2.52. The first-order valence-electron chi connectivity index (χ1n) is 12.2. The van der Waals surface area contributed by atoms with Crippen LogP contribution in [-0.4, -0.2) is 41.3 Å². The number of fused-ring (bicyclic) bond motifs is 1. The zero-order valence-electron chi connectivity index (χ0n) is 20.1. The molecule has 2 saturated heterocycles. The average molecular weight is 498 g/mol. The highest BCUT2D eigenvalue weighted by molar-refractivity contribution is 5.47. The Balaban J connectivity index is 1.38. The van der Waals surface area contributed by atoms with E-state index in [4.69, 9.17) is 24.7 Å². The third-order valence-corrected chi connectivity index (χ3v) is 6.94. The van der Waals surface area contributed by atoms with Crippen molar-refractivity contribution in [3.05, 3.63) is 130 Å². The molecule has 0 aliphatic carbocycles. The summed E-state index contributed by atoms with van der Waals surface area (Å²) in [5.74, 6) is 0.151. The van der Waals surface area contributed by atoms with Crippen molar-refractivity contribution in [3.8, 4) is 0 Å². The van der Waals surface area contributed by atoms with Crippen LogP contribution in [0.2, 0.25) is 0 Å². The molecule has 2 fully saturated rings. The molecule has 1 aromatic heterocycles. The minimum Gasteiger partial charge on any atom is -0.383 e. The van der Waals surface area contributed by atoms with Gasteiger partial charge in [-0.2, -0.15) is 4.98 Å². The van der Waals surface area contributed by atoms with E-state index in [1.54, 1.807) is 12.3 Å². The molecule has 4 unspecified atom stereocenters. The standard InChI is InChI=1S/C29H27N3O5/c30-24-16-17-32(28(33)31-24)27-26-25(34-19-35-26)23(37-27)18-36-29(20-10-4-1-5-11-20,21-12-6-2-7-13-21)22-14-8-3-9-15-22/h1-17,23,25-27H,18-19H2,(H2,30,31,33). The van der Waals surface area contributed by atoms with E-state index in [1.165, 1.54) is 4.57 Å². The Morgan fingerprint density at radius 1 is 0.838 bits per heavy atom. The lowest BCUT2D eigenvalue weighted by molar-refractivity contribution is -0.131. The van der Waals surface area contributed by atoms with Crippen LogP contribution in [0.5, 0.6) is 0 Å². The van der Waals surface area contributed by atoms with E-state index in [9.17, 15) is 4.79 Å². The topological polar surface area (TPSA) is 97.8 Å². The van der Waals surface area contributed by atoms with Gasteiger partial charge in [0.05, 0.1) is 6.61 Å². The van der Waals surface area contributed by atoms with E-state index in [0.29, 0.717) is 0 Å². The van der Waals surface area contributed by atoms with Crippen LogP contribution in [0.15, 0.2) is 108 Å². The van der Waals surface area contributed by atoms with Crippen molar-refractivity contribution in [2.75, 3.05) is 19.1 Å². The summed E-state index contributed by atoms with van der Waals surface area (Å²) < 4.78 is 26.4. The third kappa shape index (κ3) is 4.24. The highest BCUT2D eigenvalue weighted by Crippen LogP contribution is 2.43. The maximum atomic E-state index is 12.6. The number of nitrogen functional groups attached to an aromatic ring is 1. The predicted octanol–water partition coefficient (Wildman–Crippen LogP) is 3.47. The molecule has 4 atom stereocenters. The van der Waals surface area contributed by atoms with Crippen molar-refractivity contribution in [2.24, 2.45) is 0 Å². The molecule has 8 heteroatoms. The molecular formula is C29H27N3O5. The van der Waals surface area contributed by atoms with E-state index in [0.717, 1.165) is 16.7 Å². The first kappa shape index (κ1) is 23.6. The summed E-state index contributed by atoms with van der Waals surface area (Å²) >= 11 is 0. The second-order valence-corrected chi connectivity index (χ2v) is 9.08. The molecule has 6 rings (SSSR count). The molecule has 8 nitrogen and oxygen atoms in total. The van der Waals surface area contributed by atoms with Gasteiger partial charge < -0.3 is 24.7 Å². The molecule has 0 amide bonds. The SMILES string of the molecule is Nc1ccn(C2OC(COC(c3ccccc3)(c3ccccc3)c3ccccc3)C3OCOC32)c(=O)n1. The van der Waals surface area contributed by atoms with E-state index in [1.807, 2.05) is 54.6 Å². The van der Waals surface area contributed by atoms with Gasteiger partial charge in [-0.05, 0) is 22.8 Å². The Kier molecular flexibility index (Phi) is 6.31. The largest absolute Gasteiger partial charge is 0.383 e. The van der Waals surface area contributed by atoms with E-state index >= 15 is 0 Å². The van der Waals surface area contributed by atoms with Crippen LogP contribution in [0.25, 0.3) is 0 Å². The Hall–Kier alpha value is -3.82. The summed E-state index contributed by atoms with van der Waals surface area (Å²) in [6, 6.07) is 32.0. The summed E-state index contributed by atoms with van der Waals surface area (Å²) in [4.78, 5) is 16.4. The van der Waals surface area contributed by atoms with Crippen LogP contribution in [-0.2, 0) is 24.5 Å². The number of aromatic nitrogens is 2. The number of ether oxygens (including phenoxy) is 4. The molecule has 3 heterocycles. The number of anilines is 1. The number of rotatable bonds is 7. The number of benzene rings is 3. The van der Waals surface area contributed by atoms with Gasteiger partial charge in [-0.1, -0.05) is 91.0 Å². The second-order valence-electron chi connectivity index (χ2n) is 9.08. The molecule has 0 bridgehead atoms. The number of hydrogen-bond acceptors (Lipinski definition) is 7. The molecule has 188 valence electrons. The first-order chi connectivity index (χ1) is 18.2. The smallest absolute Gasteiger partial charge is 0.351 e. The molecule has 0 radical (unpaired) electrons. The minimum absolute atomic E-state index is 0.115. The fourth-order valence-electron chi connectivity index (χ4n) is 5.24. The van der Waals surface area contributed by atoms with Gasteiger partial charge in [0.15, 0.2) is 6.23 Å². The monoisotopic (exact) mass is 497 g/mol. The molecule has 2 N–H and O–H groups in total. The van der Waals surface area contributed by atoms with Crippen LogP contribution in [0.1, 0.15) is 22.9 Å². The van der Waals surface area contributed by atoms with Gasteiger partial charge in [-0.15, -0.1) is 0 Å². The van der Waals surface area contributed by atoms with Crippen molar-refractivity contribution in [2.45, 2.75) is 30.1 Å². The van der Waals surface area contributed by atoms with Crippen LogP contribution in [0.4, 0.5) is 5.82 Å². The Bertz CT molecular complexity index is 1300. The molecule has 2 aliphatic rings. The summed E-state index contributed by atoms with van der Waals surface area (Å²) in [7, 11) is 0. The van der Waals surface area contributed by atoms with Gasteiger partial charge in [-0.3, -0.25) is 4.57 Å². The molecular weight excluding hydrogens is 470 g/mol. The predicted molar refractivity (Wildman–Crippen MR) is 137 cm³/mol. The number of nitrogens with zero attached hydrogens (tertiary/aromatic N) is 2. The van der Waals surface area contributed by atoms with Gasteiger partial charge >= 0.3 is 5.69 Å². The molecule has 0 spiro atoms. The quantitative estimate of drug-likeness (QED) is 0.391. The first-order valence-corrected chi connectivity index (χ1v) is 12.2. The molecule has 0 saturated carbocycles. The van der Waals surface area contributed by atoms with Crippen molar-refractivity contribution < 1.29 is 18.9 Å². The average Bonchev–Trinajstić information content (AvgIpc) is 3.55. The van der Waals surface area contributed by atoms with Gasteiger partial charge in [0, 0.05) is 6.20 Å². The number of nitrogens with two attached hydrogens (primary N) is 1. The van der Waals surface area contributed by atoms with E-state index in [2.05, 4.69) is 41.4 Å². The van der Waals surface area contributed by atoms with Crippen LogP contribution in [0, 0.1) is 0 Å². The lowest BCUT2D eigenvalue weighted by Crippen LogP contribution is -2.39. The van der Waals surface area contributed by atoms with Crippen molar-refractivity contribution in [1.29, 1.82) is 0 Å². The maximum absolute atomic E-state index is 12.6. The van der Waals surface area contributed by atoms with E-state index in [-0.39, 0.29) is 19.2 Å². The molecule has 2 aliphatic heterocycles. The highest BCUT2D eigenvalue weighted by atomic mass is 16.7. The van der Waals surface area contributed by atoms with Crippen molar-refractivity contribution >= 4 is 5.82 Å². The third-order valence-electron chi connectivity index (χ3n) is 6.94. The lowest BCUT2D eigenvalue weighted by atomic mass is 9.80. The van der Waals surface area contributed by atoms with E-state index < -0.39 is 35.8 Å². The Labute approximate surface area is 214 Å². The minimum atomic E-state index is -0.903. The van der Waals surface area contributed by atoms with Crippen molar-refractivity contribution in [3.63, 3.8) is 0 Å². The molecule has 4 aromatic rings. The zero-order chi connectivity index (χ0) is 25.2. The lowest BCUT2D eigenvalue weighted by Gasteiger charge is -2.37. The van der Waals surface area contributed by atoms with Crippen LogP contribution < -0.4 is 11.4 Å². The molecule has 3 aromatic carbocycles. The number of hydrogen-bond donors (Lipinski definition) is 1. The Morgan fingerprint density at radius 3 is 1.92 bits per heavy atom. The van der Waals surface area contributed by atoms with Gasteiger partial charge in [0.1, 0.15) is 36.5 Å². The van der Waals surface area contributed by atoms with Crippen LogP contribution >= 0.6 is 0 Å². The molecule has 37 heavy (non-hydrogen) atoms. The summed E-state index contributed by atoms with van der Waals surface area (Å²) in [6.07, 6.45) is -0.510. The van der Waals surface area contributed by atoms with Gasteiger partial charge in [0.25, 0.3) is 0 Å². The second kappa shape index (κ2) is 9.91. The van der Waals surface area contributed by atoms with Gasteiger partial charge in [0.2, 0.25) is 0 Å². The maximum Gasteiger partial charge on any atom is 0.351 e. The fraction of sp³-hybridized carbons (Fsp3) is 0.241. The van der Waals surface area contributed by atoms with Gasteiger partial charge in [-0.25, -0.2) is 4.79 Å². The Morgan fingerprint density at radius 2 is 1.38 bits per heavy atom. The summed E-state index contributed by atoms with van der Waals surface area (Å²) in [5, 5.41) is 0. The summed E-state index contributed by atoms with van der Waals surface area (Å²) in [6.45, 7) is 0.306. The zero-order valence-corrected chi connectivity index (χ0v) is 20.1. The normalized spacial score (nSPS) is 23.1.